The third-order valence-electron chi connectivity index (χ3n) is 3.71. The standard InChI is InChI=1S/C16H22FN3O2/c1-2-18-16(22)20-8-4-7-19(9-10-20)15(21)12-13-5-3-6-14(17)11-13/h3,5-6,11H,2,4,7-10,12H2,1H3,(H,18,22). The van der Waals surface area contributed by atoms with Crippen LogP contribution >= 0.6 is 0 Å². The predicted molar refractivity (Wildman–Crippen MR) is 81.9 cm³/mol. The van der Waals surface area contributed by atoms with Crippen molar-refractivity contribution in [3.8, 4) is 0 Å². The van der Waals surface area contributed by atoms with Gasteiger partial charge in [-0.2, -0.15) is 0 Å². The average molecular weight is 307 g/mol. The largest absolute Gasteiger partial charge is 0.341 e. The van der Waals surface area contributed by atoms with Gasteiger partial charge < -0.3 is 15.1 Å². The van der Waals surface area contributed by atoms with Crippen molar-refractivity contribution in [2.75, 3.05) is 32.7 Å². The van der Waals surface area contributed by atoms with Gasteiger partial charge in [-0.05, 0) is 31.0 Å². The molecule has 5 nitrogen and oxygen atoms in total. The molecule has 0 radical (unpaired) electrons. The molecule has 0 atom stereocenters. The third-order valence-corrected chi connectivity index (χ3v) is 3.71. The van der Waals surface area contributed by atoms with E-state index >= 15 is 0 Å². The summed E-state index contributed by atoms with van der Waals surface area (Å²) in [5.41, 5.74) is 0.676. The minimum Gasteiger partial charge on any atom is -0.341 e. The number of urea groups is 1. The Bertz CT molecular complexity index is 536. The van der Waals surface area contributed by atoms with Crippen molar-refractivity contribution in [1.29, 1.82) is 0 Å². The zero-order valence-corrected chi connectivity index (χ0v) is 12.8. The van der Waals surface area contributed by atoms with Crippen LogP contribution in [0.25, 0.3) is 0 Å². The second kappa shape index (κ2) is 7.77. The molecule has 0 aromatic heterocycles. The van der Waals surface area contributed by atoms with Gasteiger partial charge in [0.2, 0.25) is 5.91 Å². The molecule has 22 heavy (non-hydrogen) atoms. The first-order valence-corrected chi connectivity index (χ1v) is 7.65. The fourth-order valence-electron chi connectivity index (χ4n) is 2.57. The molecular formula is C16H22FN3O2. The number of hydrogen-bond acceptors (Lipinski definition) is 2. The van der Waals surface area contributed by atoms with E-state index in [1.807, 2.05) is 6.92 Å². The zero-order chi connectivity index (χ0) is 15.9. The van der Waals surface area contributed by atoms with Crippen LogP contribution < -0.4 is 5.32 Å². The van der Waals surface area contributed by atoms with E-state index in [4.69, 9.17) is 0 Å². The van der Waals surface area contributed by atoms with E-state index in [0.29, 0.717) is 38.3 Å². The summed E-state index contributed by atoms with van der Waals surface area (Å²) in [5.74, 6) is -0.355. The Kier molecular flexibility index (Phi) is 5.75. The van der Waals surface area contributed by atoms with Crippen molar-refractivity contribution >= 4 is 11.9 Å². The number of nitrogens with zero attached hydrogens (tertiary/aromatic N) is 2. The smallest absolute Gasteiger partial charge is 0.317 e. The Morgan fingerprint density at radius 3 is 2.64 bits per heavy atom. The molecule has 1 aliphatic heterocycles. The molecule has 1 saturated heterocycles. The lowest BCUT2D eigenvalue weighted by atomic mass is 10.1. The van der Waals surface area contributed by atoms with E-state index in [0.717, 1.165) is 6.42 Å². The molecule has 2 rings (SSSR count). The number of carbonyl (C=O) groups is 2. The van der Waals surface area contributed by atoms with E-state index in [2.05, 4.69) is 5.32 Å². The van der Waals surface area contributed by atoms with Crippen molar-refractivity contribution < 1.29 is 14.0 Å². The second-order valence-corrected chi connectivity index (χ2v) is 5.36. The maximum absolute atomic E-state index is 13.2. The van der Waals surface area contributed by atoms with Crippen LogP contribution in [0.4, 0.5) is 9.18 Å². The van der Waals surface area contributed by atoms with E-state index in [1.165, 1.54) is 12.1 Å². The van der Waals surface area contributed by atoms with Crippen LogP contribution in [0.15, 0.2) is 24.3 Å². The highest BCUT2D eigenvalue weighted by atomic mass is 19.1. The van der Waals surface area contributed by atoms with Gasteiger partial charge in [-0.1, -0.05) is 12.1 Å². The Morgan fingerprint density at radius 2 is 1.91 bits per heavy atom. The SMILES string of the molecule is CCNC(=O)N1CCCN(C(=O)Cc2cccc(F)c2)CC1. The van der Waals surface area contributed by atoms with Crippen molar-refractivity contribution in [3.05, 3.63) is 35.6 Å². The van der Waals surface area contributed by atoms with Crippen molar-refractivity contribution in [3.63, 3.8) is 0 Å². The number of halogens is 1. The van der Waals surface area contributed by atoms with Gasteiger partial charge in [0.05, 0.1) is 6.42 Å². The Morgan fingerprint density at radius 1 is 1.18 bits per heavy atom. The maximum Gasteiger partial charge on any atom is 0.317 e. The van der Waals surface area contributed by atoms with Gasteiger partial charge in [0, 0.05) is 32.7 Å². The highest BCUT2D eigenvalue weighted by Crippen LogP contribution is 2.09. The summed E-state index contributed by atoms with van der Waals surface area (Å²) in [6, 6.07) is 6.03. The van der Waals surface area contributed by atoms with Crippen LogP contribution in [-0.2, 0) is 11.2 Å². The highest BCUT2D eigenvalue weighted by Gasteiger charge is 2.21. The summed E-state index contributed by atoms with van der Waals surface area (Å²) >= 11 is 0. The first-order chi connectivity index (χ1) is 10.6. The van der Waals surface area contributed by atoms with Gasteiger partial charge in [0.1, 0.15) is 5.82 Å². The normalized spacial score (nSPS) is 15.4. The topological polar surface area (TPSA) is 52.7 Å². The number of amides is 3. The van der Waals surface area contributed by atoms with Crippen LogP contribution in [0.5, 0.6) is 0 Å². The van der Waals surface area contributed by atoms with Gasteiger partial charge in [0.15, 0.2) is 0 Å². The van der Waals surface area contributed by atoms with Crippen LogP contribution in [0.3, 0.4) is 0 Å². The molecule has 1 N–H and O–H groups in total. The van der Waals surface area contributed by atoms with Crippen molar-refractivity contribution in [1.82, 2.24) is 15.1 Å². The molecule has 0 aliphatic carbocycles. The number of carbonyl (C=O) groups excluding carboxylic acids is 2. The van der Waals surface area contributed by atoms with Crippen molar-refractivity contribution in [2.24, 2.45) is 0 Å². The van der Waals surface area contributed by atoms with Crippen LogP contribution in [0.1, 0.15) is 18.9 Å². The summed E-state index contributed by atoms with van der Waals surface area (Å²) in [6.45, 7) is 4.80. The first kappa shape index (κ1) is 16.3. The Hall–Kier alpha value is -2.11. The molecule has 0 bridgehead atoms. The van der Waals surface area contributed by atoms with E-state index in [-0.39, 0.29) is 24.2 Å². The van der Waals surface area contributed by atoms with Crippen LogP contribution in [0.2, 0.25) is 0 Å². The fourth-order valence-corrected chi connectivity index (χ4v) is 2.57. The molecule has 3 amide bonds. The summed E-state index contributed by atoms with van der Waals surface area (Å²) in [4.78, 5) is 27.6. The average Bonchev–Trinajstić information content (AvgIpc) is 2.73. The van der Waals surface area contributed by atoms with Crippen molar-refractivity contribution in [2.45, 2.75) is 19.8 Å². The molecule has 1 aromatic carbocycles. The summed E-state index contributed by atoms with van der Waals surface area (Å²) in [7, 11) is 0. The molecule has 1 aromatic rings. The van der Waals surface area contributed by atoms with Gasteiger partial charge in [-0.15, -0.1) is 0 Å². The lowest BCUT2D eigenvalue weighted by molar-refractivity contribution is -0.130. The number of rotatable bonds is 3. The quantitative estimate of drug-likeness (QED) is 0.923. The number of hydrogen-bond donors (Lipinski definition) is 1. The molecule has 1 heterocycles. The minimum absolute atomic E-state index is 0.0247. The zero-order valence-electron chi connectivity index (χ0n) is 12.8. The highest BCUT2D eigenvalue weighted by molar-refractivity contribution is 5.79. The summed E-state index contributed by atoms with van der Waals surface area (Å²) < 4.78 is 13.2. The number of nitrogens with one attached hydrogen (secondary N) is 1. The van der Waals surface area contributed by atoms with Gasteiger partial charge in [-0.3, -0.25) is 4.79 Å². The lowest BCUT2D eigenvalue weighted by Gasteiger charge is -2.22. The molecule has 1 aliphatic rings. The minimum atomic E-state index is -0.330. The molecule has 120 valence electrons. The van der Waals surface area contributed by atoms with E-state index in [9.17, 15) is 14.0 Å². The van der Waals surface area contributed by atoms with Gasteiger partial charge in [0.25, 0.3) is 0 Å². The molecule has 6 heteroatoms. The maximum atomic E-state index is 13.2. The van der Waals surface area contributed by atoms with E-state index < -0.39 is 0 Å². The molecule has 0 unspecified atom stereocenters. The van der Waals surface area contributed by atoms with Gasteiger partial charge >= 0.3 is 6.03 Å². The fraction of sp³-hybridized carbons (Fsp3) is 0.500. The lowest BCUT2D eigenvalue weighted by Crippen LogP contribution is -2.42. The molecule has 0 saturated carbocycles. The predicted octanol–water partition coefficient (Wildman–Crippen LogP) is 1.63. The summed E-state index contributed by atoms with van der Waals surface area (Å²) in [5, 5.41) is 2.78. The summed E-state index contributed by atoms with van der Waals surface area (Å²) in [6.07, 6.45) is 0.949. The number of benzene rings is 1. The second-order valence-electron chi connectivity index (χ2n) is 5.36. The van der Waals surface area contributed by atoms with Gasteiger partial charge in [-0.25, -0.2) is 9.18 Å². The molecule has 1 fully saturated rings. The molecule has 0 spiro atoms. The third kappa shape index (κ3) is 4.44. The monoisotopic (exact) mass is 307 g/mol. The Balaban J connectivity index is 1.90. The van der Waals surface area contributed by atoms with Crippen LogP contribution in [-0.4, -0.2) is 54.5 Å². The Labute approximate surface area is 130 Å². The molecular weight excluding hydrogens is 285 g/mol. The first-order valence-electron chi connectivity index (χ1n) is 7.65. The van der Waals surface area contributed by atoms with Crippen LogP contribution in [0, 0.1) is 5.82 Å². The van der Waals surface area contributed by atoms with E-state index in [1.54, 1.807) is 21.9 Å².